The first-order valence-corrected chi connectivity index (χ1v) is 8.94. The summed E-state index contributed by atoms with van der Waals surface area (Å²) in [5.41, 5.74) is -1.24. The van der Waals surface area contributed by atoms with Crippen molar-refractivity contribution in [3.63, 3.8) is 0 Å². The van der Waals surface area contributed by atoms with Crippen molar-refractivity contribution in [1.29, 1.82) is 0 Å². The average Bonchev–Trinajstić information content (AvgIpc) is 3.11. The first-order valence-electron chi connectivity index (χ1n) is 8.94. The van der Waals surface area contributed by atoms with Gasteiger partial charge in [0.2, 0.25) is 5.91 Å². The minimum Gasteiger partial charge on any atom is -0.382 e. The van der Waals surface area contributed by atoms with Gasteiger partial charge in [-0.1, -0.05) is 12.1 Å². The van der Waals surface area contributed by atoms with Crippen LogP contribution in [0.4, 0.5) is 23.7 Å². The van der Waals surface area contributed by atoms with E-state index in [9.17, 15) is 22.8 Å². The highest BCUT2D eigenvalue weighted by Crippen LogP contribution is 2.34. The summed E-state index contributed by atoms with van der Waals surface area (Å²) in [6.07, 6.45) is -2.83. The van der Waals surface area contributed by atoms with Crippen LogP contribution >= 0.6 is 0 Å². The normalized spacial score (nSPS) is 17.0. The van der Waals surface area contributed by atoms with Crippen molar-refractivity contribution in [2.45, 2.75) is 38.4 Å². The van der Waals surface area contributed by atoms with Gasteiger partial charge in [0.25, 0.3) is 0 Å². The number of amides is 3. The fourth-order valence-electron chi connectivity index (χ4n) is 2.96. The predicted molar refractivity (Wildman–Crippen MR) is 94.3 cm³/mol. The van der Waals surface area contributed by atoms with Crippen molar-refractivity contribution in [2.75, 3.05) is 31.6 Å². The molecule has 0 spiro atoms. The van der Waals surface area contributed by atoms with Gasteiger partial charge in [-0.15, -0.1) is 0 Å². The van der Waals surface area contributed by atoms with E-state index in [1.54, 1.807) is 0 Å². The Bertz CT molecular complexity index is 652. The number of para-hydroxylation sites is 1. The Morgan fingerprint density at radius 1 is 1.30 bits per heavy atom. The maximum atomic E-state index is 13.1. The summed E-state index contributed by atoms with van der Waals surface area (Å²) in [7, 11) is 0. The number of carbonyl (C=O) groups is 2. The summed E-state index contributed by atoms with van der Waals surface area (Å²) in [5, 5.41) is 5.04. The summed E-state index contributed by atoms with van der Waals surface area (Å²) in [6.45, 7) is 3.74. The van der Waals surface area contributed by atoms with Crippen LogP contribution in [-0.2, 0) is 15.7 Å². The van der Waals surface area contributed by atoms with Crippen molar-refractivity contribution in [2.24, 2.45) is 0 Å². The average molecular weight is 387 g/mol. The topological polar surface area (TPSA) is 70.7 Å². The second kappa shape index (κ2) is 9.59. The van der Waals surface area contributed by atoms with Crippen LogP contribution in [0.3, 0.4) is 0 Å². The number of benzene rings is 1. The minimum absolute atomic E-state index is 0.303. The van der Waals surface area contributed by atoms with Gasteiger partial charge in [0, 0.05) is 26.3 Å². The fraction of sp³-hybridized carbons (Fsp3) is 0.556. The number of carbonyl (C=O) groups excluding carboxylic acids is 2. The molecule has 1 aliphatic heterocycles. The van der Waals surface area contributed by atoms with Crippen LogP contribution in [0.25, 0.3) is 0 Å². The molecule has 0 radical (unpaired) electrons. The van der Waals surface area contributed by atoms with Gasteiger partial charge in [0.1, 0.15) is 6.04 Å². The minimum atomic E-state index is -4.58. The predicted octanol–water partition coefficient (Wildman–Crippen LogP) is 3.24. The molecule has 1 atom stereocenters. The Morgan fingerprint density at radius 3 is 2.74 bits per heavy atom. The third-order valence-corrected chi connectivity index (χ3v) is 4.26. The van der Waals surface area contributed by atoms with Crippen LogP contribution in [0.5, 0.6) is 0 Å². The van der Waals surface area contributed by atoms with Gasteiger partial charge < -0.3 is 20.3 Å². The van der Waals surface area contributed by atoms with Crippen molar-refractivity contribution < 1.29 is 27.5 Å². The second-order valence-corrected chi connectivity index (χ2v) is 6.17. The Morgan fingerprint density at radius 2 is 2.04 bits per heavy atom. The van der Waals surface area contributed by atoms with Crippen molar-refractivity contribution in [1.82, 2.24) is 10.2 Å². The molecule has 0 unspecified atom stereocenters. The summed E-state index contributed by atoms with van der Waals surface area (Å²) in [5.74, 6) is -0.303. The quantitative estimate of drug-likeness (QED) is 0.706. The van der Waals surface area contributed by atoms with Gasteiger partial charge in [-0.2, -0.15) is 13.2 Å². The lowest BCUT2D eigenvalue weighted by atomic mass is 10.1. The molecule has 6 nitrogen and oxygen atoms in total. The standard InChI is InChI=1S/C18H24F3N3O3/c1-2-27-12-6-10-22-16(25)15-9-5-11-24(15)17(26)23-14-8-4-3-7-13(14)18(19,20)21/h3-4,7-8,15H,2,5-6,9-12H2,1H3,(H,22,25)(H,23,26)/t15-/m1/s1. The van der Waals surface area contributed by atoms with E-state index >= 15 is 0 Å². The molecule has 0 saturated carbocycles. The third-order valence-electron chi connectivity index (χ3n) is 4.26. The first kappa shape index (κ1) is 21.0. The number of anilines is 1. The molecule has 1 aromatic carbocycles. The zero-order chi connectivity index (χ0) is 19.9. The summed E-state index contributed by atoms with van der Waals surface area (Å²) in [4.78, 5) is 26.1. The van der Waals surface area contributed by atoms with E-state index in [0.717, 1.165) is 6.07 Å². The van der Waals surface area contributed by atoms with Gasteiger partial charge >= 0.3 is 12.2 Å². The SMILES string of the molecule is CCOCCCNC(=O)[C@H]1CCCN1C(=O)Nc1ccccc1C(F)(F)F. The van der Waals surface area contributed by atoms with Gasteiger partial charge in [-0.3, -0.25) is 4.79 Å². The lowest BCUT2D eigenvalue weighted by molar-refractivity contribution is -0.137. The van der Waals surface area contributed by atoms with Crippen LogP contribution < -0.4 is 10.6 Å². The number of halogens is 3. The van der Waals surface area contributed by atoms with Gasteiger partial charge in [-0.05, 0) is 38.3 Å². The Labute approximate surface area is 156 Å². The number of hydrogen-bond acceptors (Lipinski definition) is 3. The summed E-state index contributed by atoms with van der Waals surface area (Å²) >= 11 is 0. The Kier molecular flexibility index (Phi) is 7.46. The highest BCUT2D eigenvalue weighted by atomic mass is 19.4. The van der Waals surface area contributed by atoms with Crippen LogP contribution in [0, 0.1) is 0 Å². The van der Waals surface area contributed by atoms with Crippen LogP contribution in [0.1, 0.15) is 31.7 Å². The number of rotatable bonds is 7. The molecule has 1 heterocycles. The summed E-state index contributed by atoms with van der Waals surface area (Å²) in [6, 6.07) is 3.38. The summed E-state index contributed by atoms with van der Waals surface area (Å²) < 4.78 is 44.4. The molecule has 1 aromatic rings. The van der Waals surface area contributed by atoms with Gasteiger partial charge in [-0.25, -0.2) is 4.79 Å². The van der Waals surface area contributed by atoms with E-state index in [0.29, 0.717) is 45.6 Å². The third kappa shape index (κ3) is 5.85. The van der Waals surface area contributed by atoms with Gasteiger partial charge in [0.05, 0.1) is 11.3 Å². The van der Waals surface area contributed by atoms with Crippen molar-refractivity contribution in [3.8, 4) is 0 Å². The van der Waals surface area contributed by atoms with Crippen molar-refractivity contribution >= 4 is 17.6 Å². The zero-order valence-electron chi connectivity index (χ0n) is 15.1. The highest BCUT2D eigenvalue weighted by Gasteiger charge is 2.36. The maximum absolute atomic E-state index is 13.1. The molecular weight excluding hydrogens is 363 g/mol. The zero-order valence-corrected chi connectivity index (χ0v) is 15.1. The maximum Gasteiger partial charge on any atom is 0.418 e. The molecule has 0 aliphatic carbocycles. The lowest BCUT2D eigenvalue weighted by Gasteiger charge is -2.25. The van der Waals surface area contributed by atoms with E-state index in [1.165, 1.54) is 23.1 Å². The Balaban J connectivity index is 1.97. The first-order chi connectivity index (χ1) is 12.8. The number of likely N-dealkylation sites (tertiary alicyclic amines) is 1. The molecule has 1 saturated heterocycles. The molecule has 9 heteroatoms. The van der Waals surface area contributed by atoms with E-state index in [-0.39, 0.29) is 11.6 Å². The number of urea groups is 1. The molecule has 0 bridgehead atoms. The molecule has 0 aromatic heterocycles. The van der Waals surface area contributed by atoms with Crippen LogP contribution in [-0.4, -0.2) is 49.2 Å². The highest BCUT2D eigenvalue weighted by molar-refractivity contribution is 5.94. The molecule has 150 valence electrons. The Hall–Kier alpha value is -2.29. The van der Waals surface area contributed by atoms with Crippen LogP contribution in [0.2, 0.25) is 0 Å². The monoisotopic (exact) mass is 387 g/mol. The molecule has 2 rings (SSSR count). The van der Waals surface area contributed by atoms with E-state index < -0.39 is 23.8 Å². The van der Waals surface area contributed by atoms with Crippen molar-refractivity contribution in [3.05, 3.63) is 29.8 Å². The largest absolute Gasteiger partial charge is 0.418 e. The number of hydrogen-bond donors (Lipinski definition) is 2. The number of ether oxygens (including phenoxy) is 1. The molecule has 1 aliphatic rings. The number of nitrogens with zero attached hydrogens (tertiary/aromatic N) is 1. The smallest absolute Gasteiger partial charge is 0.382 e. The lowest BCUT2D eigenvalue weighted by Crippen LogP contribution is -2.47. The van der Waals surface area contributed by atoms with Crippen LogP contribution in [0.15, 0.2) is 24.3 Å². The van der Waals surface area contributed by atoms with Gasteiger partial charge in [0.15, 0.2) is 0 Å². The molecule has 2 N–H and O–H groups in total. The molecule has 27 heavy (non-hydrogen) atoms. The van der Waals surface area contributed by atoms with E-state index in [4.69, 9.17) is 4.74 Å². The molecule has 3 amide bonds. The number of alkyl halides is 3. The van der Waals surface area contributed by atoms with E-state index in [2.05, 4.69) is 10.6 Å². The molecule has 1 fully saturated rings. The molecular formula is C18H24F3N3O3. The fourth-order valence-corrected chi connectivity index (χ4v) is 2.96. The second-order valence-electron chi connectivity index (χ2n) is 6.17. The number of nitrogens with one attached hydrogen (secondary N) is 2. The van der Waals surface area contributed by atoms with E-state index in [1.807, 2.05) is 6.92 Å².